The molecule has 4 aromatic rings. The van der Waals surface area contributed by atoms with Gasteiger partial charge in [-0.05, 0) is 62.2 Å². The quantitative estimate of drug-likeness (QED) is 0.361. The summed E-state index contributed by atoms with van der Waals surface area (Å²) in [6, 6.07) is 22.1. The Balaban J connectivity index is 1.60. The Bertz CT molecular complexity index is 1440. The number of aryl methyl sites for hydroxylation is 3. The molecule has 4 rings (SSSR count). The number of hydrogen-bond donors (Lipinski definition) is 2. The molecule has 0 aliphatic heterocycles. The first kappa shape index (κ1) is 23.3. The average Bonchev–Trinajstić information content (AvgIpc) is 2.80. The SMILES string of the molecule is COc1cc(C)c(C)cc1S(=O)(=O)Nc1cccc(Nc2cc(-c3ccccc3)nc(C)n2)c1. The highest BCUT2D eigenvalue weighted by Gasteiger charge is 2.21. The summed E-state index contributed by atoms with van der Waals surface area (Å²) >= 11 is 0. The molecule has 0 saturated carbocycles. The number of hydrogen-bond acceptors (Lipinski definition) is 6. The highest BCUT2D eigenvalue weighted by molar-refractivity contribution is 7.92. The van der Waals surface area contributed by atoms with E-state index in [4.69, 9.17) is 4.74 Å². The molecule has 34 heavy (non-hydrogen) atoms. The van der Waals surface area contributed by atoms with Crippen LogP contribution in [-0.2, 0) is 10.0 Å². The minimum Gasteiger partial charge on any atom is -0.495 e. The second kappa shape index (κ2) is 9.52. The molecule has 2 N–H and O–H groups in total. The van der Waals surface area contributed by atoms with Crippen molar-refractivity contribution in [3.63, 3.8) is 0 Å². The molecule has 0 spiro atoms. The molecule has 174 valence electrons. The van der Waals surface area contributed by atoms with Gasteiger partial charge in [-0.25, -0.2) is 18.4 Å². The van der Waals surface area contributed by atoms with Crippen molar-refractivity contribution in [3.05, 3.63) is 89.7 Å². The van der Waals surface area contributed by atoms with E-state index in [1.165, 1.54) is 7.11 Å². The molecule has 0 bridgehead atoms. The van der Waals surface area contributed by atoms with E-state index in [0.29, 0.717) is 28.8 Å². The number of anilines is 3. The molecule has 0 atom stereocenters. The van der Waals surface area contributed by atoms with Crippen LogP contribution in [0.2, 0.25) is 0 Å². The van der Waals surface area contributed by atoms with Crippen LogP contribution in [0.3, 0.4) is 0 Å². The molecule has 1 aromatic heterocycles. The minimum absolute atomic E-state index is 0.0930. The van der Waals surface area contributed by atoms with Gasteiger partial charge < -0.3 is 10.1 Å². The molecule has 7 nitrogen and oxygen atoms in total. The lowest BCUT2D eigenvalue weighted by atomic mass is 10.1. The molecule has 0 amide bonds. The van der Waals surface area contributed by atoms with Crippen molar-refractivity contribution in [2.45, 2.75) is 25.7 Å². The lowest BCUT2D eigenvalue weighted by molar-refractivity contribution is 0.402. The first-order valence-corrected chi connectivity index (χ1v) is 12.2. The zero-order valence-corrected chi connectivity index (χ0v) is 20.3. The molecule has 0 saturated heterocycles. The Labute approximate surface area is 199 Å². The first-order valence-electron chi connectivity index (χ1n) is 10.7. The second-order valence-corrected chi connectivity index (χ2v) is 9.60. The first-order chi connectivity index (χ1) is 16.2. The molecule has 0 fully saturated rings. The molecular formula is C26H26N4O3S. The topological polar surface area (TPSA) is 93.2 Å². The van der Waals surface area contributed by atoms with E-state index in [9.17, 15) is 8.42 Å². The van der Waals surface area contributed by atoms with Crippen LogP contribution in [0.4, 0.5) is 17.2 Å². The molecule has 3 aromatic carbocycles. The zero-order valence-electron chi connectivity index (χ0n) is 19.5. The van der Waals surface area contributed by atoms with Crippen molar-refractivity contribution < 1.29 is 13.2 Å². The maximum absolute atomic E-state index is 13.1. The number of nitrogens with one attached hydrogen (secondary N) is 2. The average molecular weight is 475 g/mol. The molecule has 1 heterocycles. The van der Waals surface area contributed by atoms with Crippen molar-refractivity contribution in [3.8, 4) is 17.0 Å². The van der Waals surface area contributed by atoms with Gasteiger partial charge in [0.25, 0.3) is 10.0 Å². The molecular weight excluding hydrogens is 448 g/mol. The summed E-state index contributed by atoms with van der Waals surface area (Å²) in [7, 11) is -2.40. The largest absolute Gasteiger partial charge is 0.495 e. The maximum Gasteiger partial charge on any atom is 0.265 e. The number of methoxy groups -OCH3 is 1. The summed E-state index contributed by atoms with van der Waals surface area (Å²) in [4.78, 5) is 9.08. The van der Waals surface area contributed by atoms with Crippen LogP contribution >= 0.6 is 0 Å². The maximum atomic E-state index is 13.1. The van der Waals surface area contributed by atoms with Gasteiger partial charge in [-0.1, -0.05) is 36.4 Å². The van der Waals surface area contributed by atoms with Gasteiger partial charge in [-0.3, -0.25) is 4.72 Å². The summed E-state index contributed by atoms with van der Waals surface area (Å²) in [6.07, 6.45) is 0. The van der Waals surface area contributed by atoms with Gasteiger partial charge in [0.1, 0.15) is 22.3 Å². The highest BCUT2D eigenvalue weighted by atomic mass is 32.2. The van der Waals surface area contributed by atoms with E-state index in [-0.39, 0.29) is 4.90 Å². The third-order valence-corrected chi connectivity index (χ3v) is 6.77. The van der Waals surface area contributed by atoms with E-state index in [1.54, 1.807) is 30.3 Å². The minimum atomic E-state index is -3.86. The Morgan fingerprint density at radius 3 is 2.24 bits per heavy atom. The van der Waals surface area contributed by atoms with Gasteiger partial charge in [0.05, 0.1) is 18.5 Å². The van der Waals surface area contributed by atoms with Crippen molar-refractivity contribution in [2.75, 3.05) is 17.1 Å². The van der Waals surface area contributed by atoms with Gasteiger partial charge in [-0.2, -0.15) is 0 Å². The molecule has 8 heteroatoms. The van der Waals surface area contributed by atoms with E-state index in [2.05, 4.69) is 20.0 Å². The van der Waals surface area contributed by atoms with Crippen LogP contribution in [0.1, 0.15) is 17.0 Å². The second-order valence-electron chi connectivity index (χ2n) is 7.95. The Morgan fingerprint density at radius 1 is 0.794 bits per heavy atom. The fourth-order valence-electron chi connectivity index (χ4n) is 3.54. The highest BCUT2D eigenvalue weighted by Crippen LogP contribution is 2.30. The molecule has 0 unspecified atom stereocenters. The van der Waals surface area contributed by atoms with E-state index >= 15 is 0 Å². The monoisotopic (exact) mass is 474 g/mol. The van der Waals surface area contributed by atoms with Crippen LogP contribution in [-0.4, -0.2) is 25.5 Å². The molecule has 0 radical (unpaired) electrons. The van der Waals surface area contributed by atoms with Crippen molar-refractivity contribution in [1.82, 2.24) is 9.97 Å². The van der Waals surface area contributed by atoms with Gasteiger partial charge >= 0.3 is 0 Å². The Hall–Kier alpha value is -3.91. The zero-order chi connectivity index (χ0) is 24.3. The summed E-state index contributed by atoms with van der Waals surface area (Å²) in [5.74, 6) is 1.54. The van der Waals surface area contributed by atoms with Gasteiger partial charge in [-0.15, -0.1) is 0 Å². The predicted molar refractivity (Wildman–Crippen MR) is 135 cm³/mol. The third-order valence-electron chi connectivity index (χ3n) is 5.36. The van der Waals surface area contributed by atoms with E-state index in [1.807, 2.05) is 63.2 Å². The van der Waals surface area contributed by atoms with Crippen molar-refractivity contribution in [2.24, 2.45) is 0 Å². The standard InChI is InChI=1S/C26H26N4O3S/c1-17-13-24(33-4)25(14-18(17)2)34(31,32)30-22-12-8-11-21(15-22)29-26-16-23(27-19(3)28-26)20-9-6-5-7-10-20/h5-16,30H,1-4H3,(H,27,28,29). The summed E-state index contributed by atoms with van der Waals surface area (Å²) in [5, 5.41) is 3.25. The summed E-state index contributed by atoms with van der Waals surface area (Å²) in [5.41, 5.74) is 4.71. The smallest absolute Gasteiger partial charge is 0.265 e. The van der Waals surface area contributed by atoms with Crippen LogP contribution in [0.25, 0.3) is 11.3 Å². The molecule has 0 aliphatic rings. The van der Waals surface area contributed by atoms with Crippen molar-refractivity contribution >= 4 is 27.2 Å². The van der Waals surface area contributed by atoms with Gasteiger partial charge in [0, 0.05) is 17.3 Å². The van der Waals surface area contributed by atoms with Gasteiger partial charge in [0.15, 0.2) is 0 Å². The third kappa shape index (κ3) is 5.18. The van der Waals surface area contributed by atoms with E-state index < -0.39 is 10.0 Å². The fourth-order valence-corrected chi connectivity index (χ4v) is 4.83. The van der Waals surface area contributed by atoms with Crippen LogP contribution in [0.5, 0.6) is 5.75 Å². The Morgan fingerprint density at radius 2 is 1.50 bits per heavy atom. The number of aromatic nitrogens is 2. The van der Waals surface area contributed by atoms with Crippen LogP contribution in [0.15, 0.2) is 77.7 Å². The summed E-state index contributed by atoms with van der Waals surface area (Å²) < 4.78 is 34.2. The van der Waals surface area contributed by atoms with E-state index in [0.717, 1.165) is 22.4 Å². The van der Waals surface area contributed by atoms with Crippen LogP contribution in [0, 0.1) is 20.8 Å². The predicted octanol–water partition coefficient (Wildman–Crippen LogP) is 5.62. The van der Waals surface area contributed by atoms with Crippen LogP contribution < -0.4 is 14.8 Å². The number of sulfonamides is 1. The van der Waals surface area contributed by atoms with Gasteiger partial charge in [0.2, 0.25) is 0 Å². The fraction of sp³-hybridized carbons (Fsp3) is 0.154. The summed E-state index contributed by atoms with van der Waals surface area (Å²) in [6.45, 7) is 5.61. The number of rotatable bonds is 7. The lowest BCUT2D eigenvalue weighted by Gasteiger charge is -2.15. The number of ether oxygens (including phenoxy) is 1. The lowest BCUT2D eigenvalue weighted by Crippen LogP contribution is -2.14. The van der Waals surface area contributed by atoms with Crippen molar-refractivity contribution in [1.29, 1.82) is 0 Å². The number of nitrogens with zero attached hydrogens (tertiary/aromatic N) is 2. The normalized spacial score (nSPS) is 11.2. The molecule has 0 aliphatic carbocycles. The number of benzene rings is 3. The Kier molecular flexibility index (Phi) is 6.51.